The standard InChI is InChI=1S/C14H13F3N2O2/c1-7-8(2)11(14(15,16)17)5-4-9(7)12(20)10-6-18-19(3)13(10)21/h4-6,18H,1-3H3. The number of nitrogens with zero attached hydrogens (tertiary/aromatic N) is 1. The van der Waals surface area contributed by atoms with E-state index < -0.39 is 23.1 Å². The molecule has 0 aliphatic rings. The second-order valence-corrected chi connectivity index (χ2v) is 4.79. The molecule has 7 heteroatoms. The van der Waals surface area contributed by atoms with Crippen molar-refractivity contribution < 1.29 is 18.0 Å². The van der Waals surface area contributed by atoms with Gasteiger partial charge in [-0.2, -0.15) is 13.2 Å². The van der Waals surface area contributed by atoms with Crippen LogP contribution in [-0.4, -0.2) is 15.6 Å². The van der Waals surface area contributed by atoms with Crippen LogP contribution >= 0.6 is 0 Å². The molecule has 0 aliphatic heterocycles. The van der Waals surface area contributed by atoms with Crippen LogP contribution in [-0.2, 0) is 13.2 Å². The maximum Gasteiger partial charge on any atom is 0.416 e. The molecule has 0 bridgehead atoms. The number of ketones is 1. The Morgan fingerprint density at radius 1 is 1.14 bits per heavy atom. The summed E-state index contributed by atoms with van der Waals surface area (Å²) in [5.41, 5.74) is -1.09. The molecule has 1 N–H and O–H groups in total. The number of hydrogen-bond donors (Lipinski definition) is 1. The molecular weight excluding hydrogens is 285 g/mol. The molecule has 0 unspecified atom stereocenters. The van der Waals surface area contributed by atoms with Crippen LogP contribution < -0.4 is 5.56 Å². The number of carbonyl (C=O) groups is 1. The van der Waals surface area contributed by atoms with Crippen LogP contribution in [0.25, 0.3) is 0 Å². The first-order chi connectivity index (χ1) is 9.64. The van der Waals surface area contributed by atoms with Gasteiger partial charge >= 0.3 is 6.18 Å². The highest BCUT2D eigenvalue weighted by Gasteiger charge is 2.33. The molecule has 112 valence electrons. The Labute approximate surface area is 118 Å². The highest BCUT2D eigenvalue weighted by molar-refractivity contribution is 6.09. The van der Waals surface area contributed by atoms with Crippen LogP contribution in [0, 0.1) is 13.8 Å². The van der Waals surface area contributed by atoms with Gasteiger partial charge in [0.1, 0.15) is 5.56 Å². The van der Waals surface area contributed by atoms with Crippen LogP contribution in [0.4, 0.5) is 13.2 Å². The minimum Gasteiger partial charge on any atom is -0.302 e. The SMILES string of the molecule is Cc1c(C(=O)c2c[nH]n(C)c2=O)ccc(C(F)(F)F)c1C. The summed E-state index contributed by atoms with van der Waals surface area (Å²) in [5, 5.41) is 2.56. The van der Waals surface area contributed by atoms with E-state index >= 15 is 0 Å². The number of aromatic nitrogens is 2. The Balaban J connectivity index is 2.57. The summed E-state index contributed by atoms with van der Waals surface area (Å²) in [5.74, 6) is -0.592. The lowest BCUT2D eigenvalue weighted by atomic mass is 9.93. The summed E-state index contributed by atoms with van der Waals surface area (Å²) in [7, 11) is 1.45. The van der Waals surface area contributed by atoms with Crippen molar-refractivity contribution in [2.75, 3.05) is 0 Å². The van der Waals surface area contributed by atoms with Gasteiger partial charge in [0.25, 0.3) is 5.56 Å². The van der Waals surface area contributed by atoms with Crippen molar-refractivity contribution in [2.24, 2.45) is 7.05 Å². The Hall–Kier alpha value is -2.31. The first kappa shape index (κ1) is 15.1. The van der Waals surface area contributed by atoms with Crippen molar-refractivity contribution in [3.8, 4) is 0 Å². The van der Waals surface area contributed by atoms with E-state index in [1.54, 1.807) is 0 Å². The molecule has 0 fully saturated rings. The van der Waals surface area contributed by atoms with Crippen LogP contribution in [0.2, 0.25) is 0 Å². The van der Waals surface area contributed by atoms with Crippen molar-refractivity contribution >= 4 is 5.78 Å². The van der Waals surface area contributed by atoms with E-state index in [0.29, 0.717) is 0 Å². The highest BCUT2D eigenvalue weighted by Crippen LogP contribution is 2.34. The van der Waals surface area contributed by atoms with Crippen LogP contribution in [0.5, 0.6) is 0 Å². The summed E-state index contributed by atoms with van der Waals surface area (Å²) in [6, 6.07) is 1.98. The van der Waals surface area contributed by atoms with Crippen molar-refractivity contribution in [1.82, 2.24) is 9.78 Å². The molecule has 1 aromatic heterocycles. The lowest BCUT2D eigenvalue weighted by Gasteiger charge is -2.14. The fourth-order valence-electron chi connectivity index (χ4n) is 2.14. The molecule has 0 saturated carbocycles. The van der Waals surface area contributed by atoms with Crippen molar-refractivity contribution in [1.29, 1.82) is 0 Å². The average Bonchev–Trinajstić information content (AvgIpc) is 2.71. The second kappa shape index (κ2) is 4.91. The normalized spacial score (nSPS) is 11.7. The fourth-order valence-corrected chi connectivity index (χ4v) is 2.14. The zero-order chi connectivity index (χ0) is 15.9. The number of nitrogens with one attached hydrogen (secondary N) is 1. The van der Waals surface area contributed by atoms with Gasteiger partial charge in [-0.25, -0.2) is 0 Å². The smallest absolute Gasteiger partial charge is 0.302 e. The van der Waals surface area contributed by atoms with Crippen molar-refractivity contribution in [2.45, 2.75) is 20.0 Å². The first-order valence-corrected chi connectivity index (χ1v) is 6.11. The number of alkyl halides is 3. The van der Waals surface area contributed by atoms with E-state index in [0.717, 1.165) is 16.8 Å². The Morgan fingerprint density at radius 3 is 2.24 bits per heavy atom. The number of hydrogen-bond acceptors (Lipinski definition) is 2. The second-order valence-electron chi connectivity index (χ2n) is 4.79. The van der Waals surface area contributed by atoms with Gasteiger partial charge in [0, 0.05) is 18.8 Å². The molecule has 0 atom stereocenters. The van der Waals surface area contributed by atoms with Gasteiger partial charge in [-0.3, -0.25) is 14.3 Å². The number of aromatic amines is 1. The molecule has 0 radical (unpaired) electrons. The summed E-state index contributed by atoms with van der Waals surface area (Å²) in [4.78, 5) is 24.0. The van der Waals surface area contributed by atoms with Gasteiger partial charge in [0.2, 0.25) is 0 Å². The van der Waals surface area contributed by atoms with Gasteiger partial charge < -0.3 is 5.10 Å². The summed E-state index contributed by atoms with van der Waals surface area (Å²) in [6.07, 6.45) is -3.22. The van der Waals surface area contributed by atoms with Crippen molar-refractivity contribution in [3.63, 3.8) is 0 Å². The number of carbonyl (C=O) groups excluding carboxylic acids is 1. The Kier molecular flexibility index (Phi) is 3.52. The maximum absolute atomic E-state index is 12.8. The van der Waals surface area contributed by atoms with E-state index in [2.05, 4.69) is 5.10 Å². The van der Waals surface area contributed by atoms with Crippen LogP contribution in [0.1, 0.15) is 32.6 Å². The molecular formula is C14H13F3N2O2. The zero-order valence-electron chi connectivity index (χ0n) is 11.6. The molecule has 4 nitrogen and oxygen atoms in total. The average molecular weight is 298 g/mol. The van der Waals surface area contributed by atoms with E-state index in [1.165, 1.54) is 27.1 Å². The largest absolute Gasteiger partial charge is 0.416 e. The van der Waals surface area contributed by atoms with E-state index in [1.807, 2.05) is 0 Å². The third-order valence-corrected chi connectivity index (χ3v) is 3.52. The fraction of sp³-hybridized carbons (Fsp3) is 0.286. The van der Waals surface area contributed by atoms with Gasteiger partial charge in [0.15, 0.2) is 5.78 Å². The molecule has 0 saturated heterocycles. The Bertz CT molecular complexity index is 770. The van der Waals surface area contributed by atoms with E-state index in [4.69, 9.17) is 0 Å². The lowest BCUT2D eigenvalue weighted by Crippen LogP contribution is -2.20. The Morgan fingerprint density at radius 2 is 1.76 bits per heavy atom. The lowest BCUT2D eigenvalue weighted by molar-refractivity contribution is -0.138. The number of aryl methyl sites for hydroxylation is 1. The zero-order valence-corrected chi connectivity index (χ0v) is 11.6. The third kappa shape index (κ3) is 2.51. The van der Waals surface area contributed by atoms with Gasteiger partial charge in [0.05, 0.1) is 5.56 Å². The van der Waals surface area contributed by atoms with E-state index in [9.17, 15) is 22.8 Å². The summed E-state index contributed by atoms with van der Waals surface area (Å²) < 4.78 is 39.6. The number of rotatable bonds is 2. The number of halogens is 3. The third-order valence-electron chi connectivity index (χ3n) is 3.52. The van der Waals surface area contributed by atoms with Gasteiger partial charge in [-0.05, 0) is 31.0 Å². The predicted octanol–water partition coefficient (Wildman–Crippen LogP) is 2.58. The van der Waals surface area contributed by atoms with E-state index in [-0.39, 0.29) is 22.3 Å². The minimum absolute atomic E-state index is 0.0132. The molecule has 0 amide bonds. The maximum atomic E-state index is 12.8. The molecule has 0 aliphatic carbocycles. The highest BCUT2D eigenvalue weighted by atomic mass is 19.4. The predicted molar refractivity (Wildman–Crippen MR) is 70.4 cm³/mol. The molecule has 2 rings (SSSR count). The summed E-state index contributed by atoms with van der Waals surface area (Å²) in [6.45, 7) is 2.75. The number of H-pyrrole nitrogens is 1. The minimum atomic E-state index is -4.47. The van der Waals surface area contributed by atoms with Crippen molar-refractivity contribution in [3.05, 3.63) is 56.5 Å². The van der Waals surface area contributed by atoms with Crippen LogP contribution in [0.15, 0.2) is 23.1 Å². The monoisotopic (exact) mass is 298 g/mol. The number of benzene rings is 1. The summed E-state index contributed by atoms with van der Waals surface area (Å²) >= 11 is 0. The quantitative estimate of drug-likeness (QED) is 0.866. The molecule has 1 heterocycles. The van der Waals surface area contributed by atoms with Gasteiger partial charge in [-0.1, -0.05) is 6.07 Å². The molecule has 21 heavy (non-hydrogen) atoms. The molecule has 2 aromatic rings. The molecule has 1 aromatic carbocycles. The first-order valence-electron chi connectivity index (χ1n) is 6.11. The molecule has 0 spiro atoms. The van der Waals surface area contributed by atoms with Gasteiger partial charge in [-0.15, -0.1) is 0 Å². The topological polar surface area (TPSA) is 54.9 Å². The van der Waals surface area contributed by atoms with Crippen LogP contribution in [0.3, 0.4) is 0 Å².